The van der Waals surface area contributed by atoms with Crippen LogP contribution in [0.2, 0.25) is 0 Å². The van der Waals surface area contributed by atoms with E-state index in [0.717, 1.165) is 27.8 Å². The third kappa shape index (κ3) is 3.74. The average Bonchev–Trinajstić information content (AvgIpc) is 2.98. The number of aromatic nitrogens is 1. The molecule has 1 atom stereocenters. The first-order valence-electron chi connectivity index (χ1n) is 7.22. The van der Waals surface area contributed by atoms with E-state index in [1.54, 1.807) is 11.3 Å². The molecule has 5 heteroatoms. The lowest BCUT2D eigenvalue weighted by molar-refractivity contribution is 0.331. The van der Waals surface area contributed by atoms with E-state index < -0.39 is 0 Å². The van der Waals surface area contributed by atoms with Gasteiger partial charge in [0.25, 0.3) is 0 Å². The minimum atomic E-state index is 0.245. The number of hydrogen-bond acceptors (Lipinski definition) is 5. The molecule has 0 fully saturated rings. The van der Waals surface area contributed by atoms with Crippen molar-refractivity contribution in [1.82, 2.24) is 10.3 Å². The molecule has 0 aliphatic heterocycles. The van der Waals surface area contributed by atoms with Crippen molar-refractivity contribution in [2.45, 2.75) is 26.8 Å². The molecular weight excluding hydrogens is 284 g/mol. The van der Waals surface area contributed by atoms with Gasteiger partial charge < -0.3 is 14.8 Å². The third-order valence-electron chi connectivity index (χ3n) is 3.16. The monoisotopic (exact) mass is 306 g/mol. The second kappa shape index (κ2) is 7.43. The second-order valence-corrected chi connectivity index (χ2v) is 5.50. The zero-order valence-electron chi connectivity index (χ0n) is 13.0. The molecule has 0 amide bonds. The summed E-state index contributed by atoms with van der Waals surface area (Å²) in [5.74, 6) is 1.68. The maximum atomic E-state index is 5.71. The van der Waals surface area contributed by atoms with E-state index in [1.165, 1.54) is 0 Å². The highest BCUT2D eigenvalue weighted by Gasteiger charge is 2.14. The number of ether oxygens (including phenoxy) is 2. The Labute approximate surface area is 130 Å². The molecule has 1 unspecified atom stereocenters. The Morgan fingerprint density at radius 2 is 2.00 bits per heavy atom. The lowest BCUT2D eigenvalue weighted by atomic mass is 10.1. The summed E-state index contributed by atoms with van der Waals surface area (Å²) >= 11 is 1.65. The van der Waals surface area contributed by atoms with Gasteiger partial charge in [-0.2, -0.15) is 0 Å². The molecule has 21 heavy (non-hydrogen) atoms. The summed E-state index contributed by atoms with van der Waals surface area (Å²) in [6.45, 7) is 7.33. The zero-order valence-corrected chi connectivity index (χ0v) is 13.8. The predicted molar refractivity (Wildman–Crippen MR) is 87.4 cm³/mol. The SMILES string of the molecule is CCOc1ccc(OCC)c(-c2csc(C(C)NC)n2)c1. The van der Waals surface area contributed by atoms with E-state index in [0.29, 0.717) is 13.2 Å². The van der Waals surface area contributed by atoms with Gasteiger partial charge in [0.1, 0.15) is 16.5 Å². The van der Waals surface area contributed by atoms with Gasteiger partial charge >= 0.3 is 0 Å². The minimum Gasteiger partial charge on any atom is -0.494 e. The average molecular weight is 306 g/mol. The molecule has 1 heterocycles. The van der Waals surface area contributed by atoms with Crippen LogP contribution in [0.3, 0.4) is 0 Å². The van der Waals surface area contributed by atoms with Gasteiger partial charge in [-0.05, 0) is 46.0 Å². The Hall–Kier alpha value is -1.59. The van der Waals surface area contributed by atoms with Gasteiger partial charge in [-0.15, -0.1) is 11.3 Å². The van der Waals surface area contributed by atoms with Crippen LogP contribution in [0.25, 0.3) is 11.3 Å². The fourth-order valence-electron chi connectivity index (χ4n) is 1.98. The Bertz CT molecular complexity index is 583. The number of nitrogens with one attached hydrogen (secondary N) is 1. The maximum absolute atomic E-state index is 5.71. The first-order valence-corrected chi connectivity index (χ1v) is 8.10. The summed E-state index contributed by atoms with van der Waals surface area (Å²) in [4.78, 5) is 4.72. The molecule has 4 nitrogen and oxygen atoms in total. The Morgan fingerprint density at radius 1 is 1.24 bits per heavy atom. The first kappa shape index (κ1) is 15.8. The molecule has 114 valence electrons. The maximum Gasteiger partial charge on any atom is 0.128 e. The van der Waals surface area contributed by atoms with Gasteiger partial charge in [0.05, 0.1) is 24.9 Å². The summed E-state index contributed by atoms with van der Waals surface area (Å²) in [5.41, 5.74) is 1.91. The normalized spacial score (nSPS) is 12.2. The van der Waals surface area contributed by atoms with Crippen molar-refractivity contribution in [2.24, 2.45) is 0 Å². The van der Waals surface area contributed by atoms with Gasteiger partial charge in [-0.3, -0.25) is 0 Å². The van der Waals surface area contributed by atoms with Crippen molar-refractivity contribution in [3.8, 4) is 22.8 Å². The van der Waals surface area contributed by atoms with Crippen LogP contribution >= 0.6 is 11.3 Å². The highest BCUT2D eigenvalue weighted by Crippen LogP contribution is 2.35. The Morgan fingerprint density at radius 3 is 2.67 bits per heavy atom. The number of nitrogens with zero attached hydrogens (tertiary/aromatic N) is 1. The summed E-state index contributed by atoms with van der Waals surface area (Å²) in [6.07, 6.45) is 0. The van der Waals surface area contributed by atoms with E-state index >= 15 is 0 Å². The molecular formula is C16H22N2O2S. The van der Waals surface area contributed by atoms with Gasteiger partial charge in [0.15, 0.2) is 0 Å². The van der Waals surface area contributed by atoms with E-state index in [1.807, 2.05) is 39.1 Å². The van der Waals surface area contributed by atoms with E-state index in [9.17, 15) is 0 Å². The smallest absolute Gasteiger partial charge is 0.128 e. The lowest BCUT2D eigenvalue weighted by Gasteiger charge is -2.11. The van der Waals surface area contributed by atoms with Crippen LogP contribution in [0.1, 0.15) is 31.8 Å². The highest BCUT2D eigenvalue weighted by molar-refractivity contribution is 7.10. The molecule has 1 aromatic heterocycles. The summed E-state index contributed by atoms with van der Waals surface area (Å²) in [5, 5.41) is 6.34. The van der Waals surface area contributed by atoms with Crippen LogP contribution in [-0.2, 0) is 0 Å². The van der Waals surface area contributed by atoms with Crippen LogP contribution in [0, 0.1) is 0 Å². The van der Waals surface area contributed by atoms with Crippen molar-refractivity contribution in [3.63, 3.8) is 0 Å². The number of thiazole rings is 1. The topological polar surface area (TPSA) is 43.4 Å². The fraction of sp³-hybridized carbons (Fsp3) is 0.438. The molecule has 1 N–H and O–H groups in total. The summed E-state index contributed by atoms with van der Waals surface area (Å²) in [6, 6.07) is 6.12. The number of rotatable bonds is 7. The van der Waals surface area contributed by atoms with Crippen LogP contribution in [0.5, 0.6) is 11.5 Å². The quantitative estimate of drug-likeness (QED) is 0.843. The predicted octanol–water partition coefficient (Wildman–Crippen LogP) is 3.89. The van der Waals surface area contributed by atoms with Crippen molar-refractivity contribution in [3.05, 3.63) is 28.6 Å². The number of benzene rings is 1. The second-order valence-electron chi connectivity index (χ2n) is 4.61. The zero-order chi connectivity index (χ0) is 15.2. The van der Waals surface area contributed by atoms with Crippen molar-refractivity contribution in [1.29, 1.82) is 0 Å². The molecule has 0 aliphatic carbocycles. The summed E-state index contributed by atoms with van der Waals surface area (Å²) in [7, 11) is 1.94. The van der Waals surface area contributed by atoms with Crippen molar-refractivity contribution >= 4 is 11.3 Å². The van der Waals surface area contributed by atoms with Gasteiger partial charge in [0.2, 0.25) is 0 Å². The Balaban J connectivity index is 2.39. The lowest BCUT2D eigenvalue weighted by Crippen LogP contribution is -2.11. The van der Waals surface area contributed by atoms with Crippen molar-refractivity contribution < 1.29 is 9.47 Å². The van der Waals surface area contributed by atoms with Crippen LogP contribution in [0.4, 0.5) is 0 Å². The highest BCUT2D eigenvalue weighted by atomic mass is 32.1. The molecule has 0 spiro atoms. The van der Waals surface area contributed by atoms with Gasteiger partial charge in [-0.25, -0.2) is 4.98 Å². The Kier molecular flexibility index (Phi) is 5.59. The molecule has 0 bridgehead atoms. The van der Waals surface area contributed by atoms with Gasteiger partial charge in [0, 0.05) is 10.9 Å². The van der Waals surface area contributed by atoms with Crippen LogP contribution in [0.15, 0.2) is 23.6 Å². The molecule has 2 aromatic rings. The first-order chi connectivity index (χ1) is 10.2. The molecule has 2 rings (SSSR count). The van der Waals surface area contributed by atoms with Crippen LogP contribution < -0.4 is 14.8 Å². The molecule has 0 radical (unpaired) electrons. The summed E-state index contributed by atoms with van der Waals surface area (Å²) < 4.78 is 11.3. The van der Waals surface area contributed by atoms with Crippen LogP contribution in [-0.4, -0.2) is 25.2 Å². The van der Waals surface area contributed by atoms with Crippen molar-refractivity contribution in [2.75, 3.05) is 20.3 Å². The van der Waals surface area contributed by atoms with Gasteiger partial charge in [-0.1, -0.05) is 0 Å². The molecule has 1 aromatic carbocycles. The van der Waals surface area contributed by atoms with E-state index in [-0.39, 0.29) is 6.04 Å². The molecule has 0 aliphatic rings. The molecule has 0 saturated heterocycles. The standard InChI is InChI=1S/C16H22N2O2S/c1-5-19-12-7-8-15(20-6-2)13(9-12)14-10-21-16(18-14)11(3)17-4/h7-11,17H,5-6H2,1-4H3. The third-order valence-corrected chi connectivity index (χ3v) is 4.19. The van der Waals surface area contributed by atoms with E-state index in [4.69, 9.17) is 14.5 Å². The largest absolute Gasteiger partial charge is 0.494 e. The van der Waals surface area contributed by atoms with E-state index in [2.05, 4.69) is 17.6 Å². The number of hydrogen-bond donors (Lipinski definition) is 1. The minimum absolute atomic E-state index is 0.245. The molecule has 0 saturated carbocycles. The fourth-order valence-corrected chi connectivity index (χ4v) is 2.87.